The van der Waals surface area contributed by atoms with Gasteiger partial charge in [0.1, 0.15) is 6.04 Å². The molecule has 1 amide bonds. The second-order valence-corrected chi connectivity index (χ2v) is 3.42. The summed E-state index contributed by atoms with van der Waals surface area (Å²) in [6.07, 6.45) is -0.749. The van der Waals surface area contributed by atoms with E-state index in [9.17, 15) is 9.59 Å². The number of aliphatic hydroxyl groups excluding tert-OH is 1. The number of carbonyl (C=O) groups excluding carboxylic acids is 1. The fourth-order valence-electron chi connectivity index (χ4n) is 1.07. The fourth-order valence-corrected chi connectivity index (χ4v) is 1.42. The van der Waals surface area contributed by atoms with Crippen molar-refractivity contribution in [2.24, 2.45) is 0 Å². The average Bonchev–Trinajstić information content (AvgIpc) is 2.02. The number of hydrogen-bond donors (Lipinski definition) is 3. The second-order valence-electron chi connectivity index (χ2n) is 3.06. The molecule has 0 aromatic heterocycles. The molecule has 0 fully saturated rings. The third kappa shape index (κ3) is 3.97. The van der Waals surface area contributed by atoms with Gasteiger partial charge in [-0.1, -0.05) is 0 Å². The first-order chi connectivity index (χ1) is 6.40. The van der Waals surface area contributed by atoms with E-state index in [1.807, 2.05) is 0 Å². The number of aliphatic hydroxyl groups is 1. The molecule has 6 heteroatoms. The van der Waals surface area contributed by atoms with Crippen LogP contribution in [0.5, 0.6) is 0 Å². The predicted molar refractivity (Wildman–Crippen MR) is 54.3 cm³/mol. The molecule has 0 aliphatic rings. The van der Waals surface area contributed by atoms with Crippen LogP contribution < -0.4 is 0 Å². The SMILES string of the molecule is CC(=O)N(CC(C)O)[C@@H](CS)C(=O)O. The number of hydrogen-bond acceptors (Lipinski definition) is 4. The zero-order chi connectivity index (χ0) is 11.3. The first kappa shape index (κ1) is 13.2. The van der Waals surface area contributed by atoms with E-state index >= 15 is 0 Å². The Labute approximate surface area is 88.1 Å². The largest absolute Gasteiger partial charge is 0.480 e. The summed E-state index contributed by atoms with van der Waals surface area (Å²) in [4.78, 5) is 22.9. The van der Waals surface area contributed by atoms with Crippen LogP contribution in [-0.2, 0) is 9.59 Å². The molecule has 0 spiro atoms. The maximum Gasteiger partial charge on any atom is 0.327 e. The molecule has 0 aromatic carbocycles. The first-order valence-corrected chi connectivity index (χ1v) is 4.82. The summed E-state index contributed by atoms with van der Waals surface area (Å²) in [5.74, 6) is -1.47. The Kier molecular flexibility index (Phi) is 5.56. The minimum Gasteiger partial charge on any atom is -0.480 e. The Bertz CT molecular complexity index is 219. The molecule has 0 bridgehead atoms. The van der Waals surface area contributed by atoms with Crippen LogP contribution in [0.25, 0.3) is 0 Å². The van der Waals surface area contributed by atoms with E-state index in [1.54, 1.807) is 0 Å². The van der Waals surface area contributed by atoms with Crippen LogP contribution in [0, 0.1) is 0 Å². The Balaban J connectivity index is 4.60. The normalized spacial score (nSPS) is 14.6. The maximum absolute atomic E-state index is 11.1. The Hall–Kier alpha value is -0.750. The molecular weight excluding hydrogens is 206 g/mol. The predicted octanol–water partition coefficient (Wildman–Crippen LogP) is -0.401. The van der Waals surface area contributed by atoms with Crippen molar-refractivity contribution < 1.29 is 19.8 Å². The Morgan fingerprint density at radius 3 is 2.21 bits per heavy atom. The molecule has 1 unspecified atom stereocenters. The third-order valence-corrected chi connectivity index (χ3v) is 2.05. The van der Waals surface area contributed by atoms with Gasteiger partial charge >= 0.3 is 5.97 Å². The smallest absolute Gasteiger partial charge is 0.327 e. The lowest BCUT2D eigenvalue weighted by Crippen LogP contribution is -2.48. The van der Waals surface area contributed by atoms with E-state index < -0.39 is 18.1 Å². The van der Waals surface area contributed by atoms with Crippen LogP contribution in [-0.4, -0.2) is 51.4 Å². The highest BCUT2D eigenvalue weighted by atomic mass is 32.1. The highest BCUT2D eigenvalue weighted by Gasteiger charge is 2.26. The summed E-state index contributed by atoms with van der Waals surface area (Å²) in [5, 5.41) is 17.9. The third-order valence-electron chi connectivity index (χ3n) is 1.70. The molecule has 0 aromatic rings. The molecule has 0 saturated carbocycles. The molecule has 2 atom stereocenters. The van der Waals surface area contributed by atoms with Gasteiger partial charge in [0.25, 0.3) is 0 Å². The number of carbonyl (C=O) groups is 2. The quantitative estimate of drug-likeness (QED) is 0.552. The van der Waals surface area contributed by atoms with Gasteiger partial charge in [0.2, 0.25) is 5.91 Å². The number of amides is 1. The second kappa shape index (κ2) is 5.87. The lowest BCUT2D eigenvalue weighted by atomic mass is 10.2. The fraction of sp³-hybridized carbons (Fsp3) is 0.750. The van der Waals surface area contributed by atoms with E-state index in [1.165, 1.54) is 13.8 Å². The van der Waals surface area contributed by atoms with E-state index in [0.717, 1.165) is 4.90 Å². The Morgan fingerprint density at radius 2 is 2.00 bits per heavy atom. The molecule has 0 saturated heterocycles. The van der Waals surface area contributed by atoms with Gasteiger partial charge in [0, 0.05) is 19.2 Å². The number of carboxylic acid groups (broad SMARTS) is 1. The Morgan fingerprint density at radius 1 is 1.50 bits per heavy atom. The van der Waals surface area contributed by atoms with E-state index in [2.05, 4.69) is 12.6 Å². The molecule has 0 heterocycles. The van der Waals surface area contributed by atoms with Crippen LogP contribution in [0.15, 0.2) is 0 Å². The van der Waals surface area contributed by atoms with E-state index in [0.29, 0.717) is 0 Å². The van der Waals surface area contributed by atoms with Crippen LogP contribution in [0.2, 0.25) is 0 Å². The van der Waals surface area contributed by atoms with Crippen molar-refractivity contribution in [2.75, 3.05) is 12.3 Å². The van der Waals surface area contributed by atoms with Crippen molar-refractivity contribution in [3.8, 4) is 0 Å². The standard InChI is InChI=1S/C8H15NO4S/c1-5(10)3-9(6(2)11)7(4-14)8(12)13/h5,7,10,14H,3-4H2,1-2H3,(H,12,13)/t5?,7-/m0/s1. The molecule has 0 rings (SSSR count). The van der Waals surface area contributed by atoms with Gasteiger partial charge in [0.15, 0.2) is 0 Å². The zero-order valence-electron chi connectivity index (χ0n) is 8.17. The molecule has 82 valence electrons. The number of carboxylic acids is 1. The lowest BCUT2D eigenvalue weighted by molar-refractivity contribution is -0.149. The molecule has 2 N–H and O–H groups in total. The van der Waals surface area contributed by atoms with Gasteiger partial charge in [-0.05, 0) is 6.92 Å². The topological polar surface area (TPSA) is 77.8 Å². The van der Waals surface area contributed by atoms with Gasteiger partial charge in [-0.15, -0.1) is 0 Å². The number of aliphatic carboxylic acids is 1. The minimum atomic E-state index is -1.11. The average molecular weight is 221 g/mol. The van der Waals surface area contributed by atoms with Gasteiger partial charge in [0.05, 0.1) is 6.10 Å². The van der Waals surface area contributed by atoms with Crippen molar-refractivity contribution >= 4 is 24.5 Å². The van der Waals surface area contributed by atoms with E-state index in [4.69, 9.17) is 10.2 Å². The maximum atomic E-state index is 11.1. The number of rotatable bonds is 5. The molecule has 0 aliphatic heterocycles. The number of nitrogens with zero attached hydrogens (tertiary/aromatic N) is 1. The van der Waals surface area contributed by atoms with Crippen molar-refractivity contribution in [1.82, 2.24) is 4.90 Å². The molecular formula is C8H15NO4S. The van der Waals surface area contributed by atoms with Gasteiger partial charge in [-0.25, -0.2) is 4.79 Å². The lowest BCUT2D eigenvalue weighted by Gasteiger charge is -2.27. The van der Waals surface area contributed by atoms with Crippen molar-refractivity contribution in [1.29, 1.82) is 0 Å². The highest BCUT2D eigenvalue weighted by molar-refractivity contribution is 7.80. The van der Waals surface area contributed by atoms with Crippen molar-refractivity contribution in [3.63, 3.8) is 0 Å². The van der Waals surface area contributed by atoms with Crippen molar-refractivity contribution in [3.05, 3.63) is 0 Å². The van der Waals surface area contributed by atoms with Crippen LogP contribution in [0.3, 0.4) is 0 Å². The van der Waals surface area contributed by atoms with Crippen molar-refractivity contribution in [2.45, 2.75) is 26.0 Å². The number of thiol groups is 1. The summed E-state index contributed by atoms with van der Waals surface area (Å²) in [5.41, 5.74) is 0. The zero-order valence-corrected chi connectivity index (χ0v) is 9.07. The summed E-state index contributed by atoms with van der Waals surface area (Å²) in [6, 6.07) is -0.981. The molecule has 5 nitrogen and oxygen atoms in total. The molecule has 14 heavy (non-hydrogen) atoms. The highest BCUT2D eigenvalue weighted by Crippen LogP contribution is 2.04. The van der Waals surface area contributed by atoms with Crippen LogP contribution in [0.4, 0.5) is 0 Å². The monoisotopic (exact) mass is 221 g/mol. The minimum absolute atomic E-state index is 0.00681. The summed E-state index contributed by atoms with van der Waals surface area (Å²) < 4.78 is 0. The van der Waals surface area contributed by atoms with Gasteiger partial charge in [-0.2, -0.15) is 12.6 Å². The summed E-state index contributed by atoms with van der Waals surface area (Å²) in [7, 11) is 0. The van der Waals surface area contributed by atoms with Crippen LogP contribution in [0.1, 0.15) is 13.8 Å². The van der Waals surface area contributed by atoms with Gasteiger partial charge < -0.3 is 15.1 Å². The molecule has 0 radical (unpaired) electrons. The van der Waals surface area contributed by atoms with Gasteiger partial charge in [-0.3, -0.25) is 4.79 Å². The van der Waals surface area contributed by atoms with Crippen LogP contribution >= 0.6 is 12.6 Å². The first-order valence-electron chi connectivity index (χ1n) is 4.19. The molecule has 0 aliphatic carbocycles. The van der Waals surface area contributed by atoms with E-state index in [-0.39, 0.29) is 18.2 Å². The summed E-state index contributed by atoms with van der Waals surface area (Å²) >= 11 is 3.85. The summed E-state index contributed by atoms with van der Waals surface area (Å²) in [6.45, 7) is 2.77.